The Bertz CT molecular complexity index is 195. The molecule has 1 atom stereocenters. The fraction of sp³-hybridized carbons (Fsp3) is 0.455. The maximum Gasteiger partial charge on any atom is 2.00 e. The Hall–Kier alpha value is 0.774. The molecule has 0 heterocycles. The third kappa shape index (κ3) is 6.29. The van der Waals surface area contributed by atoms with E-state index >= 15 is 0 Å². The molecule has 1 rings (SSSR count). The minimum Gasteiger partial charge on any atom is -1.00 e. The van der Waals surface area contributed by atoms with Gasteiger partial charge in [-0.05, 0) is 0 Å². The number of hydrogen-bond acceptors (Lipinski definition) is 0. The first-order valence-electron chi connectivity index (χ1n) is 3.40. The summed E-state index contributed by atoms with van der Waals surface area (Å²) in [5.74, 6) is 0.560. The van der Waals surface area contributed by atoms with Gasteiger partial charge in [-0.3, -0.25) is 6.08 Å². The molecule has 1 aliphatic carbocycles. The maximum absolute atomic E-state index is 3.36. The Morgan fingerprint density at radius 3 is 1.43 bits per heavy atom. The molecule has 0 aromatic rings. The number of rotatable bonds is 0. The second-order valence-electron chi connectivity index (χ2n) is 2.80. The Balaban J connectivity index is -0.0000000540. The van der Waals surface area contributed by atoms with Gasteiger partial charge < -0.3 is 39.7 Å². The summed E-state index contributed by atoms with van der Waals surface area (Å²) in [6, 6.07) is 0. The van der Waals surface area contributed by atoms with Crippen molar-refractivity contribution in [1.82, 2.24) is 0 Å². The zero-order chi connectivity index (χ0) is 7.02. The second kappa shape index (κ2) is 11.8. The van der Waals surface area contributed by atoms with Gasteiger partial charge in [-0.2, -0.15) is 11.1 Å². The topological polar surface area (TPSA) is 0 Å². The summed E-state index contributed by atoms with van der Waals surface area (Å²) in [6.45, 7) is 8.67. The van der Waals surface area contributed by atoms with Crippen LogP contribution in [0.3, 0.4) is 0 Å². The smallest absolute Gasteiger partial charge is 1.00 e. The molecular weight excluding hydrogens is 251 g/mol. The molecule has 0 nitrogen and oxygen atoms in total. The van der Waals surface area contributed by atoms with Crippen molar-refractivity contribution >= 4 is 0 Å². The number of halogens is 2. The van der Waals surface area contributed by atoms with Crippen LogP contribution in [0.2, 0.25) is 0 Å². The van der Waals surface area contributed by atoms with Crippen LogP contribution in [-0.2, 0) is 21.7 Å². The summed E-state index contributed by atoms with van der Waals surface area (Å²) in [5.41, 5.74) is 4.25. The summed E-state index contributed by atoms with van der Waals surface area (Å²) in [6.07, 6.45) is 3.36. The molecule has 0 fully saturated rings. The maximum atomic E-state index is 3.36. The molecule has 0 saturated carbocycles. The van der Waals surface area contributed by atoms with Crippen LogP contribution < -0.4 is 24.8 Å². The van der Waals surface area contributed by atoms with Gasteiger partial charge in [0.2, 0.25) is 0 Å². The van der Waals surface area contributed by atoms with Crippen molar-refractivity contribution in [3.8, 4) is 0 Å². The molecule has 1 unspecified atom stereocenters. The summed E-state index contributed by atoms with van der Waals surface area (Å²) >= 11 is 0. The SMILES string of the molecule is CC1=[C-]C(C)C(C)=C1C.[CH3-].[CH3-].[Cl-].[Cl-].[Ti+2]. The van der Waals surface area contributed by atoms with Crippen molar-refractivity contribution in [2.75, 3.05) is 0 Å². The Kier molecular flexibility index (Phi) is 24.8. The van der Waals surface area contributed by atoms with Crippen molar-refractivity contribution in [2.24, 2.45) is 5.92 Å². The summed E-state index contributed by atoms with van der Waals surface area (Å²) in [4.78, 5) is 0. The largest absolute Gasteiger partial charge is 2.00 e. The monoisotopic (exact) mass is 269 g/mol. The fourth-order valence-electron chi connectivity index (χ4n) is 1.16. The molecule has 0 aliphatic heterocycles. The zero-order valence-electron chi connectivity index (χ0n) is 9.83. The average molecular weight is 270 g/mol. The summed E-state index contributed by atoms with van der Waals surface area (Å²) in [5, 5.41) is 0. The van der Waals surface area contributed by atoms with Crippen molar-refractivity contribution in [1.29, 1.82) is 0 Å². The van der Waals surface area contributed by atoms with E-state index in [9.17, 15) is 0 Å². The van der Waals surface area contributed by atoms with Crippen molar-refractivity contribution in [3.63, 3.8) is 0 Å². The molecule has 0 radical (unpaired) electrons. The molecule has 0 aromatic carbocycles. The fourth-order valence-corrected chi connectivity index (χ4v) is 1.16. The van der Waals surface area contributed by atoms with Gasteiger partial charge in [-0.1, -0.05) is 26.7 Å². The van der Waals surface area contributed by atoms with E-state index in [1.54, 1.807) is 0 Å². The summed E-state index contributed by atoms with van der Waals surface area (Å²) in [7, 11) is 0. The van der Waals surface area contributed by atoms with E-state index in [2.05, 4.69) is 33.8 Å². The van der Waals surface area contributed by atoms with E-state index in [4.69, 9.17) is 0 Å². The Morgan fingerprint density at radius 2 is 1.36 bits per heavy atom. The van der Waals surface area contributed by atoms with Crippen LogP contribution in [0.1, 0.15) is 27.7 Å². The van der Waals surface area contributed by atoms with Gasteiger partial charge >= 0.3 is 21.7 Å². The van der Waals surface area contributed by atoms with Crippen LogP contribution >= 0.6 is 0 Å². The van der Waals surface area contributed by atoms with E-state index in [1.165, 1.54) is 16.7 Å². The first-order valence-corrected chi connectivity index (χ1v) is 3.40. The zero-order valence-corrected chi connectivity index (χ0v) is 12.9. The molecule has 0 saturated heterocycles. The van der Waals surface area contributed by atoms with E-state index in [-0.39, 0.29) is 61.4 Å². The second-order valence-corrected chi connectivity index (χ2v) is 2.80. The molecule has 84 valence electrons. The molecule has 0 bridgehead atoms. The molecule has 0 spiro atoms. The van der Waals surface area contributed by atoms with E-state index in [0.29, 0.717) is 5.92 Å². The van der Waals surface area contributed by atoms with Gasteiger partial charge in [0.1, 0.15) is 0 Å². The van der Waals surface area contributed by atoms with Crippen LogP contribution in [0, 0.1) is 26.8 Å². The van der Waals surface area contributed by atoms with Crippen molar-refractivity contribution in [2.45, 2.75) is 27.7 Å². The summed E-state index contributed by atoms with van der Waals surface area (Å²) < 4.78 is 0. The average Bonchev–Trinajstić information content (AvgIpc) is 1.98. The van der Waals surface area contributed by atoms with Gasteiger partial charge in [0.25, 0.3) is 0 Å². The minimum atomic E-state index is 0. The van der Waals surface area contributed by atoms with Crippen molar-refractivity contribution < 1.29 is 46.5 Å². The molecule has 0 amide bonds. The third-order valence-electron chi connectivity index (χ3n) is 2.24. The Labute approximate surface area is 117 Å². The van der Waals surface area contributed by atoms with Crippen LogP contribution in [0.4, 0.5) is 0 Å². The molecular formula is C11H19Cl2Ti-3. The predicted molar refractivity (Wildman–Crippen MR) is 52.8 cm³/mol. The molecule has 14 heavy (non-hydrogen) atoms. The van der Waals surface area contributed by atoms with Crippen LogP contribution in [0.15, 0.2) is 16.7 Å². The van der Waals surface area contributed by atoms with E-state index < -0.39 is 0 Å². The first kappa shape index (κ1) is 29.3. The van der Waals surface area contributed by atoms with E-state index in [0.717, 1.165) is 0 Å². The molecule has 0 aromatic heterocycles. The third-order valence-corrected chi connectivity index (χ3v) is 2.24. The van der Waals surface area contributed by atoms with Gasteiger partial charge in [0.05, 0.1) is 0 Å². The minimum absolute atomic E-state index is 0. The van der Waals surface area contributed by atoms with Gasteiger partial charge in [-0.25, -0.2) is 5.57 Å². The first-order chi connectivity index (χ1) is 4.13. The van der Waals surface area contributed by atoms with Crippen LogP contribution in [0.5, 0.6) is 0 Å². The molecule has 3 heteroatoms. The van der Waals surface area contributed by atoms with Crippen molar-refractivity contribution in [3.05, 3.63) is 37.6 Å². The van der Waals surface area contributed by atoms with Gasteiger partial charge in [-0.15, -0.1) is 6.92 Å². The Morgan fingerprint density at radius 1 is 1.00 bits per heavy atom. The molecule has 1 aliphatic rings. The van der Waals surface area contributed by atoms with Crippen LogP contribution in [-0.4, -0.2) is 0 Å². The predicted octanol–water partition coefficient (Wildman–Crippen LogP) is -2.37. The van der Waals surface area contributed by atoms with E-state index in [1.807, 2.05) is 0 Å². The number of hydrogen-bond donors (Lipinski definition) is 0. The normalized spacial score (nSPS) is 17.4. The quantitative estimate of drug-likeness (QED) is 0.341. The number of allylic oxidation sites excluding steroid dienone is 4. The van der Waals surface area contributed by atoms with Gasteiger partial charge in [0.15, 0.2) is 0 Å². The van der Waals surface area contributed by atoms with Gasteiger partial charge in [0, 0.05) is 0 Å². The van der Waals surface area contributed by atoms with Crippen LogP contribution in [0.25, 0.3) is 0 Å². The molecule has 0 N–H and O–H groups in total. The standard InChI is InChI=1S/C9H13.2CH3.2ClH.Ti/c1-6-5-7(2)9(4)8(6)3;;;;;/h6H,1-4H3;2*1H3;2*1H;/q3*-1;;;+2/p-2.